The van der Waals surface area contributed by atoms with Crippen molar-refractivity contribution in [3.05, 3.63) is 34.3 Å². The van der Waals surface area contributed by atoms with Gasteiger partial charge in [-0.05, 0) is 18.6 Å². The third-order valence-electron chi connectivity index (χ3n) is 1.36. The summed E-state index contributed by atoms with van der Waals surface area (Å²) >= 11 is 5.70. The highest BCUT2D eigenvalue weighted by atomic mass is 35.5. The van der Waals surface area contributed by atoms with Crippen molar-refractivity contribution in [2.75, 3.05) is 0 Å². The predicted octanol–water partition coefficient (Wildman–Crippen LogP) is 2.58. The first-order valence-corrected chi connectivity index (χ1v) is 3.45. The maximum atomic E-state index is 10.4. The topological polar surface area (TPSA) is 19.9 Å². The molecule has 0 fully saturated rings. The summed E-state index contributed by atoms with van der Waals surface area (Å²) in [6, 6.07) is 5.46. The van der Waals surface area contributed by atoms with Crippen molar-refractivity contribution in [3.8, 4) is 0 Å². The lowest BCUT2D eigenvalue weighted by atomic mass is 10.1. The molecule has 0 spiro atoms. The molecule has 10 heavy (non-hydrogen) atoms. The van der Waals surface area contributed by atoms with E-state index in [0.29, 0.717) is 10.6 Å². The zero-order chi connectivity index (χ0) is 7.56. The van der Waals surface area contributed by atoms with Crippen LogP contribution in [0.15, 0.2) is 18.2 Å². The molecule has 1 aromatic carbocycles. The molecule has 0 amide bonds. The van der Waals surface area contributed by atoms with Gasteiger partial charge in [-0.15, -0.1) is 0 Å². The highest BCUT2D eigenvalue weighted by Gasteiger charge is 1.97. The fourth-order valence-electron chi connectivity index (χ4n) is 0.814. The van der Waals surface area contributed by atoms with Gasteiger partial charge in [-0.25, -0.2) is 5.11 Å². The van der Waals surface area contributed by atoms with Crippen molar-refractivity contribution in [2.24, 2.45) is 0 Å². The smallest absolute Gasteiger partial charge is 0.109 e. The molecule has 1 aromatic rings. The molecule has 1 radical (unpaired) electrons. The van der Waals surface area contributed by atoms with Crippen LogP contribution in [-0.4, -0.2) is 0 Å². The molecule has 53 valence electrons. The molecular formula is C8H8ClO. The van der Waals surface area contributed by atoms with Crippen LogP contribution in [0, 0.1) is 6.92 Å². The van der Waals surface area contributed by atoms with Crippen LogP contribution >= 0.6 is 11.6 Å². The molecule has 0 aliphatic carbocycles. The molecule has 0 unspecified atom stereocenters. The number of rotatable bonds is 1. The minimum Gasteiger partial charge on any atom is -0.232 e. The number of halogens is 1. The van der Waals surface area contributed by atoms with E-state index in [9.17, 15) is 5.11 Å². The predicted molar refractivity (Wildman–Crippen MR) is 40.6 cm³/mol. The third kappa shape index (κ3) is 1.49. The van der Waals surface area contributed by atoms with Crippen molar-refractivity contribution >= 4 is 11.6 Å². The van der Waals surface area contributed by atoms with Gasteiger partial charge in [0.05, 0.1) is 0 Å². The van der Waals surface area contributed by atoms with Crippen molar-refractivity contribution in [3.63, 3.8) is 0 Å². The lowest BCUT2D eigenvalue weighted by Gasteiger charge is -1.98. The molecule has 2 heteroatoms. The van der Waals surface area contributed by atoms with E-state index < -0.39 is 0 Å². The zero-order valence-electron chi connectivity index (χ0n) is 5.73. The normalized spacial score (nSPS) is 9.90. The van der Waals surface area contributed by atoms with Gasteiger partial charge >= 0.3 is 0 Å². The van der Waals surface area contributed by atoms with Crippen LogP contribution in [0.3, 0.4) is 0 Å². The second-order valence-electron chi connectivity index (χ2n) is 2.24. The summed E-state index contributed by atoms with van der Waals surface area (Å²) in [4.78, 5) is 0. The van der Waals surface area contributed by atoms with Crippen molar-refractivity contribution in [2.45, 2.75) is 13.5 Å². The molecule has 0 heterocycles. The molecule has 0 aliphatic heterocycles. The molecular weight excluding hydrogens is 148 g/mol. The molecule has 1 rings (SSSR count). The van der Waals surface area contributed by atoms with Crippen LogP contribution in [-0.2, 0) is 11.7 Å². The largest absolute Gasteiger partial charge is 0.232 e. The SMILES string of the molecule is Cc1ccc(Cl)c(C[O])c1. The lowest BCUT2D eigenvalue weighted by Crippen LogP contribution is -1.83. The first kappa shape index (κ1) is 7.58. The summed E-state index contributed by atoms with van der Waals surface area (Å²) in [5, 5.41) is 11.0. The van der Waals surface area contributed by atoms with E-state index >= 15 is 0 Å². The number of hydrogen-bond donors (Lipinski definition) is 0. The van der Waals surface area contributed by atoms with E-state index in [2.05, 4.69) is 0 Å². The maximum absolute atomic E-state index is 10.4. The standard InChI is InChI=1S/C8H8ClO/c1-6-2-3-8(9)7(4-6)5-10/h2-4H,5H2,1H3. The van der Waals surface area contributed by atoms with Gasteiger partial charge in [0.2, 0.25) is 0 Å². The van der Waals surface area contributed by atoms with E-state index in [1.807, 2.05) is 19.1 Å². The van der Waals surface area contributed by atoms with Gasteiger partial charge in [-0.3, -0.25) is 0 Å². The lowest BCUT2D eigenvalue weighted by molar-refractivity contribution is 0.177. The molecule has 0 aromatic heterocycles. The van der Waals surface area contributed by atoms with Crippen molar-refractivity contribution in [1.29, 1.82) is 0 Å². The van der Waals surface area contributed by atoms with Crippen LogP contribution in [0.25, 0.3) is 0 Å². The quantitative estimate of drug-likeness (QED) is 0.594. The Bertz CT molecular complexity index is 233. The van der Waals surface area contributed by atoms with Gasteiger partial charge in [0.25, 0.3) is 0 Å². The molecule has 0 saturated carbocycles. The second-order valence-corrected chi connectivity index (χ2v) is 2.65. The minimum absolute atomic E-state index is 0.236. The molecule has 0 saturated heterocycles. The third-order valence-corrected chi connectivity index (χ3v) is 1.73. The fraction of sp³-hybridized carbons (Fsp3) is 0.250. The summed E-state index contributed by atoms with van der Waals surface area (Å²) < 4.78 is 0. The minimum atomic E-state index is -0.236. The van der Waals surface area contributed by atoms with Gasteiger partial charge in [-0.2, -0.15) is 0 Å². The Labute approximate surface area is 65.3 Å². The van der Waals surface area contributed by atoms with Crippen LogP contribution < -0.4 is 0 Å². The first-order chi connectivity index (χ1) is 4.74. The summed E-state index contributed by atoms with van der Waals surface area (Å²) in [6.07, 6.45) is 0. The Morgan fingerprint density at radius 1 is 1.50 bits per heavy atom. The van der Waals surface area contributed by atoms with Gasteiger partial charge in [0, 0.05) is 5.02 Å². The summed E-state index contributed by atoms with van der Waals surface area (Å²) in [7, 11) is 0. The number of aryl methyl sites for hydroxylation is 1. The van der Waals surface area contributed by atoms with Gasteiger partial charge < -0.3 is 0 Å². The van der Waals surface area contributed by atoms with Crippen LogP contribution in [0.4, 0.5) is 0 Å². The Hall–Kier alpha value is -0.530. The van der Waals surface area contributed by atoms with E-state index in [-0.39, 0.29) is 6.61 Å². The Morgan fingerprint density at radius 3 is 2.70 bits per heavy atom. The average molecular weight is 156 g/mol. The molecule has 0 aliphatic rings. The molecule has 0 atom stereocenters. The summed E-state index contributed by atoms with van der Waals surface area (Å²) in [5.41, 5.74) is 1.76. The van der Waals surface area contributed by atoms with Crippen molar-refractivity contribution < 1.29 is 5.11 Å². The van der Waals surface area contributed by atoms with Crippen LogP contribution in [0.1, 0.15) is 11.1 Å². The monoisotopic (exact) mass is 155 g/mol. The maximum Gasteiger partial charge on any atom is 0.109 e. The number of benzene rings is 1. The Kier molecular flexibility index (Phi) is 2.30. The highest BCUT2D eigenvalue weighted by molar-refractivity contribution is 6.31. The van der Waals surface area contributed by atoms with Gasteiger partial charge in [0.15, 0.2) is 0 Å². The van der Waals surface area contributed by atoms with Gasteiger partial charge in [-0.1, -0.05) is 29.3 Å². The summed E-state index contributed by atoms with van der Waals surface area (Å²) in [5.74, 6) is 0. The van der Waals surface area contributed by atoms with E-state index in [0.717, 1.165) is 5.56 Å². The zero-order valence-corrected chi connectivity index (χ0v) is 6.48. The van der Waals surface area contributed by atoms with Crippen LogP contribution in [0.2, 0.25) is 5.02 Å². The van der Waals surface area contributed by atoms with Gasteiger partial charge in [0.1, 0.15) is 6.61 Å². The Morgan fingerprint density at radius 2 is 2.20 bits per heavy atom. The highest BCUT2D eigenvalue weighted by Crippen LogP contribution is 2.16. The van der Waals surface area contributed by atoms with Crippen molar-refractivity contribution in [1.82, 2.24) is 0 Å². The van der Waals surface area contributed by atoms with Crippen LogP contribution in [0.5, 0.6) is 0 Å². The molecule has 1 nitrogen and oxygen atoms in total. The van der Waals surface area contributed by atoms with E-state index in [1.54, 1.807) is 6.07 Å². The second kappa shape index (κ2) is 3.04. The summed E-state index contributed by atoms with van der Waals surface area (Å²) in [6.45, 7) is 1.70. The molecule has 0 bridgehead atoms. The average Bonchev–Trinajstić information content (AvgIpc) is 1.94. The Balaban J connectivity index is 3.09. The first-order valence-electron chi connectivity index (χ1n) is 3.07. The van der Waals surface area contributed by atoms with E-state index in [4.69, 9.17) is 11.6 Å². The van der Waals surface area contributed by atoms with E-state index in [1.165, 1.54) is 0 Å². The fourth-order valence-corrected chi connectivity index (χ4v) is 0.986. The molecule has 0 N–H and O–H groups in total. The number of hydrogen-bond acceptors (Lipinski definition) is 0.